The largest absolute Gasteiger partial charge is 0.508 e. The first-order valence-electron chi connectivity index (χ1n) is 13.1. The molecule has 0 aliphatic carbocycles. The number of Topliss-reactive ketones (excluding diaryl/α,β-unsaturated/α-hetero) is 1. The van der Waals surface area contributed by atoms with E-state index in [4.69, 9.17) is 16.3 Å². The van der Waals surface area contributed by atoms with E-state index in [0.29, 0.717) is 21.4 Å². The molecule has 3 atom stereocenters. The zero-order valence-corrected chi connectivity index (χ0v) is 24.1. The number of ketones is 1. The van der Waals surface area contributed by atoms with Gasteiger partial charge in [0.2, 0.25) is 5.91 Å². The normalized spacial score (nSPS) is 20.3. The van der Waals surface area contributed by atoms with Gasteiger partial charge in [-0.15, -0.1) is 11.8 Å². The number of rotatable bonds is 12. The second-order valence-electron chi connectivity index (χ2n) is 9.71. The maximum Gasteiger partial charge on any atom is 0.242 e. The highest BCUT2D eigenvalue weighted by Crippen LogP contribution is 2.44. The van der Waals surface area contributed by atoms with Crippen molar-refractivity contribution in [2.75, 3.05) is 13.2 Å². The van der Waals surface area contributed by atoms with Gasteiger partial charge in [-0.3, -0.25) is 9.59 Å². The Labute approximate surface area is 237 Å². The molecule has 0 bridgehead atoms. The minimum Gasteiger partial charge on any atom is -0.508 e. The number of phenols is 1. The lowest BCUT2D eigenvalue weighted by molar-refractivity contribution is -0.132. The van der Waals surface area contributed by atoms with Gasteiger partial charge in [0.15, 0.2) is 5.78 Å². The molecule has 1 aliphatic rings. The van der Waals surface area contributed by atoms with Crippen LogP contribution in [-0.2, 0) is 26.3 Å². The van der Waals surface area contributed by atoms with Crippen LogP contribution in [0.1, 0.15) is 56.2 Å². The SMILES string of the molecule is CCCOCCC(CC)Cc1ccc(C2(c3ccsc3)CC(=O)C(Sc3ccccc3Cl)C(=O)N2)c(O)c1. The molecule has 1 aromatic heterocycles. The third kappa shape index (κ3) is 6.45. The lowest BCUT2D eigenvalue weighted by Crippen LogP contribution is -2.58. The highest BCUT2D eigenvalue weighted by molar-refractivity contribution is 8.01. The monoisotopic (exact) mass is 571 g/mol. The number of carbonyl (C=O) groups excluding carboxylic acids is 2. The molecule has 0 spiro atoms. The van der Waals surface area contributed by atoms with Crippen molar-refractivity contribution in [3.05, 3.63) is 81.0 Å². The van der Waals surface area contributed by atoms with Gasteiger partial charge in [-0.25, -0.2) is 0 Å². The number of amides is 1. The standard InChI is InChI=1S/C30H34ClNO4S2/c1-3-13-36-14-11-20(4-2)16-21-9-10-23(25(33)17-21)30(22-12-15-37-19-22)18-26(34)28(29(35)32-30)38-27-8-6-5-7-24(27)31/h5-10,12,15,17,19-20,28,33H,3-4,11,13-14,16,18H2,1-2H3,(H,32,35). The van der Waals surface area contributed by atoms with E-state index >= 15 is 0 Å². The topological polar surface area (TPSA) is 75.6 Å². The van der Waals surface area contributed by atoms with E-state index in [1.807, 2.05) is 41.1 Å². The van der Waals surface area contributed by atoms with E-state index in [9.17, 15) is 14.7 Å². The summed E-state index contributed by atoms with van der Waals surface area (Å²) in [4.78, 5) is 27.6. The number of aromatic hydroxyl groups is 1. The molecule has 202 valence electrons. The average Bonchev–Trinajstić information content (AvgIpc) is 3.45. The van der Waals surface area contributed by atoms with Crippen molar-refractivity contribution in [2.24, 2.45) is 5.92 Å². The smallest absolute Gasteiger partial charge is 0.242 e. The first-order valence-corrected chi connectivity index (χ1v) is 15.3. The summed E-state index contributed by atoms with van der Waals surface area (Å²) >= 11 is 8.94. The number of hydrogen-bond acceptors (Lipinski definition) is 6. The summed E-state index contributed by atoms with van der Waals surface area (Å²) in [5.74, 6) is -0.0666. The quantitative estimate of drug-likeness (QED) is 0.181. The van der Waals surface area contributed by atoms with Gasteiger partial charge >= 0.3 is 0 Å². The number of thioether (sulfide) groups is 1. The van der Waals surface area contributed by atoms with Gasteiger partial charge in [0.05, 0.1) is 5.02 Å². The van der Waals surface area contributed by atoms with Crippen molar-refractivity contribution in [1.29, 1.82) is 0 Å². The molecule has 8 heteroatoms. The Bertz CT molecular complexity index is 1230. The Hall–Kier alpha value is -2.32. The van der Waals surface area contributed by atoms with Gasteiger partial charge in [0, 0.05) is 30.1 Å². The molecule has 3 aromatic rings. The Morgan fingerprint density at radius 3 is 2.66 bits per heavy atom. The molecule has 1 fully saturated rings. The number of halogens is 1. The Morgan fingerprint density at radius 2 is 2.00 bits per heavy atom. The number of carbonyl (C=O) groups is 2. The Kier molecular flexibility index (Phi) is 9.93. The van der Waals surface area contributed by atoms with Gasteiger partial charge in [-0.05, 0) is 71.3 Å². The van der Waals surface area contributed by atoms with Crippen LogP contribution in [0, 0.1) is 5.92 Å². The number of hydrogen-bond donors (Lipinski definition) is 2. The minimum atomic E-state index is -1.13. The number of nitrogens with one attached hydrogen (secondary N) is 1. The summed E-state index contributed by atoms with van der Waals surface area (Å²) in [5, 5.41) is 17.8. The van der Waals surface area contributed by atoms with Crippen LogP contribution in [0.5, 0.6) is 5.75 Å². The molecular formula is C30H34ClNO4S2. The number of thiophene rings is 1. The number of ether oxygens (including phenoxy) is 1. The molecule has 1 saturated heterocycles. The van der Waals surface area contributed by atoms with Crippen molar-refractivity contribution in [1.82, 2.24) is 5.32 Å². The fourth-order valence-electron chi connectivity index (χ4n) is 4.95. The zero-order valence-electron chi connectivity index (χ0n) is 21.7. The molecule has 2 N–H and O–H groups in total. The lowest BCUT2D eigenvalue weighted by atomic mass is 9.76. The molecule has 3 unspecified atom stereocenters. The molecule has 0 radical (unpaired) electrons. The molecule has 2 heterocycles. The summed E-state index contributed by atoms with van der Waals surface area (Å²) < 4.78 is 5.67. The number of phenolic OH excluding ortho intramolecular Hbond substituents is 1. The Balaban J connectivity index is 1.58. The van der Waals surface area contributed by atoms with E-state index in [-0.39, 0.29) is 23.9 Å². The van der Waals surface area contributed by atoms with Crippen molar-refractivity contribution >= 4 is 46.4 Å². The van der Waals surface area contributed by atoms with Gasteiger partial charge in [0.1, 0.15) is 16.5 Å². The van der Waals surface area contributed by atoms with Gasteiger partial charge in [-0.2, -0.15) is 11.3 Å². The summed E-state index contributed by atoms with van der Waals surface area (Å²) in [7, 11) is 0. The second kappa shape index (κ2) is 13.2. The first kappa shape index (κ1) is 28.7. The van der Waals surface area contributed by atoms with Crippen LogP contribution in [0.3, 0.4) is 0 Å². The molecule has 38 heavy (non-hydrogen) atoms. The molecule has 4 rings (SSSR count). The molecule has 1 aliphatic heterocycles. The van der Waals surface area contributed by atoms with Crippen LogP contribution in [0.4, 0.5) is 0 Å². The predicted octanol–water partition coefficient (Wildman–Crippen LogP) is 6.99. The van der Waals surface area contributed by atoms with Gasteiger partial charge in [-0.1, -0.05) is 56.1 Å². The lowest BCUT2D eigenvalue weighted by Gasteiger charge is -2.40. The van der Waals surface area contributed by atoms with Crippen LogP contribution in [-0.4, -0.2) is 35.3 Å². The number of benzene rings is 2. The van der Waals surface area contributed by atoms with Crippen molar-refractivity contribution in [3.8, 4) is 5.75 Å². The van der Waals surface area contributed by atoms with E-state index in [0.717, 1.165) is 61.8 Å². The molecule has 0 saturated carbocycles. The van der Waals surface area contributed by atoms with Crippen LogP contribution in [0.2, 0.25) is 5.02 Å². The molecule has 2 aromatic carbocycles. The summed E-state index contributed by atoms with van der Waals surface area (Å²) in [6, 6.07) is 14.7. The van der Waals surface area contributed by atoms with Crippen molar-refractivity contribution < 1.29 is 19.4 Å². The fourth-order valence-corrected chi connectivity index (χ4v) is 6.92. The maximum absolute atomic E-state index is 13.5. The molecule has 1 amide bonds. The first-order chi connectivity index (χ1) is 18.4. The summed E-state index contributed by atoms with van der Waals surface area (Å²) in [6.45, 7) is 5.78. The van der Waals surface area contributed by atoms with Crippen LogP contribution in [0.25, 0.3) is 0 Å². The van der Waals surface area contributed by atoms with Crippen LogP contribution in [0.15, 0.2) is 64.2 Å². The van der Waals surface area contributed by atoms with Crippen molar-refractivity contribution in [2.45, 2.75) is 61.6 Å². The Morgan fingerprint density at radius 1 is 1.18 bits per heavy atom. The summed E-state index contributed by atoms with van der Waals surface area (Å²) in [6.07, 6.45) is 3.86. The molecule has 5 nitrogen and oxygen atoms in total. The summed E-state index contributed by atoms with van der Waals surface area (Å²) in [5.41, 5.74) is 1.21. The average molecular weight is 572 g/mol. The van der Waals surface area contributed by atoms with Crippen molar-refractivity contribution in [3.63, 3.8) is 0 Å². The predicted molar refractivity (Wildman–Crippen MR) is 155 cm³/mol. The number of piperidine rings is 1. The minimum absolute atomic E-state index is 0.0385. The highest BCUT2D eigenvalue weighted by atomic mass is 35.5. The van der Waals surface area contributed by atoms with Gasteiger partial charge in [0.25, 0.3) is 0 Å². The van der Waals surface area contributed by atoms with Crippen LogP contribution >= 0.6 is 34.7 Å². The van der Waals surface area contributed by atoms with E-state index in [1.165, 1.54) is 11.3 Å². The second-order valence-corrected chi connectivity index (χ2v) is 12.0. The highest BCUT2D eigenvalue weighted by Gasteiger charge is 2.48. The van der Waals surface area contributed by atoms with Crippen LogP contribution < -0.4 is 5.32 Å². The van der Waals surface area contributed by atoms with Gasteiger partial charge < -0.3 is 15.2 Å². The molecular weight excluding hydrogens is 538 g/mol. The maximum atomic E-state index is 13.5. The fraction of sp³-hybridized carbons (Fsp3) is 0.400. The third-order valence-corrected chi connectivity index (χ3v) is 9.49. The van der Waals surface area contributed by atoms with E-state index in [1.54, 1.807) is 18.2 Å². The van der Waals surface area contributed by atoms with E-state index in [2.05, 4.69) is 19.2 Å². The van der Waals surface area contributed by atoms with E-state index < -0.39 is 10.8 Å². The third-order valence-electron chi connectivity index (χ3n) is 7.04. The zero-order chi connectivity index (χ0) is 27.1.